The fourth-order valence-corrected chi connectivity index (χ4v) is 4.34. The molecule has 1 aliphatic carbocycles. The van der Waals surface area contributed by atoms with Crippen LogP contribution in [-0.2, 0) is 0 Å². The standard InChI is InChI=1S/C19H30N2/c1-14-13-19(20)15(2)12-18(14)16-6-8-17(9-7-16)21-10-4-3-5-11-21/h12-13,16-17H,3-11,20H2,1-2H3/t16-,17+. The predicted octanol–water partition coefficient (Wildman–Crippen LogP) is 4.40. The van der Waals surface area contributed by atoms with Gasteiger partial charge in [-0.15, -0.1) is 0 Å². The molecule has 0 bridgehead atoms. The molecule has 2 heteroatoms. The van der Waals surface area contributed by atoms with Crippen molar-refractivity contribution in [2.24, 2.45) is 0 Å². The van der Waals surface area contributed by atoms with Gasteiger partial charge in [-0.1, -0.05) is 12.5 Å². The lowest BCUT2D eigenvalue weighted by atomic mass is 9.79. The summed E-state index contributed by atoms with van der Waals surface area (Å²) in [7, 11) is 0. The number of nitrogens with two attached hydrogens (primary N) is 1. The van der Waals surface area contributed by atoms with Crippen LogP contribution in [0, 0.1) is 13.8 Å². The molecule has 0 aromatic heterocycles. The maximum atomic E-state index is 6.03. The Morgan fingerprint density at radius 1 is 0.905 bits per heavy atom. The number of nitrogens with zero attached hydrogens (tertiary/aromatic N) is 1. The minimum atomic E-state index is 0.755. The van der Waals surface area contributed by atoms with E-state index in [9.17, 15) is 0 Å². The van der Waals surface area contributed by atoms with E-state index in [2.05, 4.69) is 30.9 Å². The summed E-state index contributed by atoms with van der Waals surface area (Å²) >= 11 is 0. The predicted molar refractivity (Wildman–Crippen MR) is 90.7 cm³/mol. The molecule has 116 valence electrons. The lowest BCUT2D eigenvalue weighted by molar-refractivity contribution is 0.125. The molecule has 0 amide bonds. The molecule has 2 N–H and O–H groups in total. The second-order valence-electron chi connectivity index (χ2n) is 7.17. The van der Waals surface area contributed by atoms with Crippen LogP contribution < -0.4 is 5.73 Å². The zero-order chi connectivity index (χ0) is 14.8. The van der Waals surface area contributed by atoms with Gasteiger partial charge in [-0.3, -0.25) is 0 Å². The molecule has 1 heterocycles. The van der Waals surface area contributed by atoms with Gasteiger partial charge in [-0.25, -0.2) is 0 Å². The Kier molecular flexibility index (Phi) is 4.54. The average molecular weight is 286 g/mol. The molecule has 3 rings (SSSR count). The Hall–Kier alpha value is -1.02. The molecular weight excluding hydrogens is 256 g/mol. The van der Waals surface area contributed by atoms with E-state index in [4.69, 9.17) is 5.73 Å². The minimum Gasteiger partial charge on any atom is -0.399 e. The highest BCUT2D eigenvalue weighted by molar-refractivity contribution is 5.52. The fourth-order valence-electron chi connectivity index (χ4n) is 4.34. The first-order valence-electron chi connectivity index (χ1n) is 8.76. The lowest BCUT2D eigenvalue weighted by Crippen LogP contribution is -2.41. The summed E-state index contributed by atoms with van der Waals surface area (Å²) in [6.07, 6.45) is 9.74. The Morgan fingerprint density at radius 2 is 1.57 bits per heavy atom. The summed E-state index contributed by atoms with van der Waals surface area (Å²) in [5, 5.41) is 0. The van der Waals surface area contributed by atoms with Crippen LogP contribution in [0.4, 0.5) is 5.69 Å². The van der Waals surface area contributed by atoms with Crippen LogP contribution in [0.25, 0.3) is 0 Å². The largest absolute Gasteiger partial charge is 0.399 e. The summed E-state index contributed by atoms with van der Waals surface area (Å²) in [6.45, 7) is 7.05. The van der Waals surface area contributed by atoms with Crippen molar-refractivity contribution in [1.29, 1.82) is 0 Å². The van der Waals surface area contributed by atoms with Crippen LogP contribution in [0.1, 0.15) is 67.6 Å². The van der Waals surface area contributed by atoms with Crippen molar-refractivity contribution >= 4 is 5.69 Å². The molecule has 1 aromatic rings. The third-order valence-electron chi connectivity index (χ3n) is 5.70. The van der Waals surface area contributed by atoms with Gasteiger partial charge < -0.3 is 10.6 Å². The first-order chi connectivity index (χ1) is 10.1. The average Bonchev–Trinajstić information content (AvgIpc) is 2.52. The van der Waals surface area contributed by atoms with Gasteiger partial charge in [-0.05, 0) is 94.1 Å². The number of anilines is 1. The van der Waals surface area contributed by atoms with Crippen molar-refractivity contribution in [3.05, 3.63) is 28.8 Å². The number of hydrogen-bond acceptors (Lipinski definition) is 2. The third kappa shape index (κ3) is 3.26. The van der Waals surface area contributed by atoms with Crippen molar-refractivity contribution in [3.8, 4) is 0 Å². The lowest BCUT2D eigenvalue weighted by Gasteiger charge is -2.39. The van der Waals surface area contributed by atoms with Gasteiger partial charge in [-0.2, -0.15) is 0 Å². The molecule has 21 heavy (non-hydrogen) atoms. The monoisotopic (exact) mass is 286 g/mol. The summed E-state index contributed by atoms with van der Waals surface area (Å²) < 4.78 is 0. The first kappa shape index (κ1) is 14.9. The van der Waals surface area contributed by atoms with E-state index >= 15 is 0 Å². The van der Waals surface area contributed by atoms with Crippen LogP contribution in [0.2, 0.25) is 0 Å². The van der Waals surface area contributed by atoms with E-state index < -0.39 is 0 Å². The van der Waals surface area contributed by atoms with E-state index in [-0.39, 0.29) is 0 Å². The zero-order valence-corrected chi connectivity index (χ0v) is 13.7. The summed E-state index contributed by atoms with van der Waals surface area (Å²) in [4.78, 5) is 2.76. The number of benzene rings is 1. The highest BCUT2D eigenvalue weighted by Gasteiger charge is 2.28. The number of likely N-dealkylation sites (tertiary alicyclic amines) is 1. The highest BCUT2D eigenvalue weighted by Crippen LogP contribution is 2.37. The Balaban J connectivity index is 1.64. The molecular formula is C19H30N2. The second kappa shape index (κ2) is 6.39. The van der Waals surface area contributed by atoms with Crippen molar-refractivity contribution in [2.45, 2.75) is 70.8 Å². The van der Waals surface area contributed by atoms with E-state index in [0.29, 0.717) is 0 Å². The van der Waals surface area contributed by atoms with Gasteiger partial charge in [0.2, 0.25) is 0 Å². The number of aryl methyl sites for hydroxylation is 2. The molecule has 1 aromatic carbocycles. The Bertz CT molecular complexity index is 481. The molecule has 1 saturated carbocycles. The first-order valence-corrected chi connectivity index (χ1v) is 8.76. The van der Waals surface area contributed by atoms with Crippen molar-refractivity contribution < 1.29 is 0 Å². The van der Waals surface area contributed by atoms with Gasteiger partial charge in [0.15, 0.2) is 0 Å². The van der Waals surface area contributed by atoms with Gasteiger partial charge >= 0.3 is 0 Å². The SMILES string of the molecule is Cc1cc([C@H]2CC[C@@H](N3CCCCC3)CC2)c(C)cc1N. The van der Waals surface area contributed by atoms with Crippen molar-refractivity contribution in [1.82, 2.24) is 4.90 Å². The second-order valence-corrected chi connectivity index (χ2v) is 7.17. The van der Waals surface area contributed by atoms with E-state index in [1.54, 1.807) is 5.56 Å². The highest BCUT2D eigenvalue weighted by atomic mass is 15.2. The van der Waals surface area contributed by atoms with E-state index in [1.165, 1.54) is 69.2 Å². The smallest absolute Gasteiger partial charge is 0.0346 e. The van der Waals surface area contributed by atoms with Crippen LogP contribution in [0.3, 0.4) is 0 Å². The molecule has 2 fully saturated rings. The van der Waals surface area contributed by atoms with Gasteiger partial charge in [0.1, 0.15) is 0 Å². The van der Waals surface area contributed by atoms with Gasteiger partial charge in [0.05, 0.1) is 0 Å². The maximum Gasteiger partial charge on any atom is 0.0346 e. The molecule has 0 radical (unpaired) electrons. The number of piperidine rings is 1. The molecule has 0 spiro atoms. The summed E-state index contributed by atoms with van der Waals surface area (Å²) in [6, 6.07) is 5.37. The fraction of sp³-hybridized carbons (Fsp3) is 0.684. The van der Waals surface area contributed by atoms with Gasteiger partial charge in [0.25, 0.3) is 0 Å². The number of rotatable bonds is 2. The quantitative estimate of drug-likeness (QED) is 0.817. The van der Waals surface area contributed by atoms with Crippen LogP contribution in [0.15, 0.2) is 12.1 Å². The summed E-state index contributed by atoms with van der Waals surface area (Å²) in [5.41, 5.74) is 11.2. The van der Waals surface area contributed by atoms with Crippen molar-refractivity contribution in [3.63, 3.8) is 0 Å². The Labute approximate surface area is 129 Å². The van der Waals surface area contributed by atoms with Crippen LogP contribution in [-0.4, -0.2) is 24.0 Å². The third-order valence-corrected chi connectivity index (χ3v) is 5.70. The van der Waals surface area contributed by atoms with Crippen LogP contribution in [0.5, 0.6) is 0 Å². The topological polar surface area (TPSA) is 29.3 Å². The van der Waals surface area contributed by atoms with Gasteiger partial charge in [0, 0.05) is 11.7 Å². The summed E-state index contributed by atoms with van der Waals surface area (Å²) in [5.74, 6) is 0.755. The molecule has 0 unspecified atom stereocenters. The normalized spacial score (nSPS) is 27.7. The molecule has 2 aliphatic rings. The van der Waals surface area contributed by atoms with E-state index in [0.717, 1.165) is 17.6 Å². The molecule has 1 aliphatic heterocycles. The number of nitrogen functional groups attached to an aromatic ring is 1. The zero-order valence-electron chi connectivity index (χ0n) is 13.7. The number of hydrogen-bond donors (Lipinski definition) is 1. The minimum absolute atomic E-state index is 0.755. The molecule has 0 atom stereocenters. The van der Waals surface area contributed by atoms with Crippen molar-refractivity contribution in [2.75, 3.05) is 18.8 Å². The molecule has 1 saturated heterocycles. The van der Waals surface area contributed by atoms with E-state index in [1.807, 2.05) is 0 Å². The molecule has 2 nitrogen and oxygen atoms in total. The Morgan fingerprint density at radius 3 is 2.24 bits per heavy atom. The van der Waals surface area contributed by atoms with Crippen LogP contribution >= 0.6 is 0 Å². The maximum absolute atomic E-state index is 6.03.